The summed E-state index contributed by atoms with van der Waals surface area (Å²) in [6.45, 7) is 7.65. The highest BCUT2D eigenvalue weighted by molar-refractivity contribution is 7.11. The van der Waals surface area contributed by atoms with E-state index in [2.05, 4.69) is 0 Å². The van der Waals surface area contributed by atoms with Crippen LogP contribution in [0, 0.1) is 12.3 Å². The largest absolute Gasteiger partial charge is 0.302 e. The second-order valence-electron chi connectivity index (χ2n) is 6.04. The minimum absolute atomic E-state index is 0.0261. The predicted molar refractivity (Wildman–Crippen MR) is 90.4 cm³/mol. The van der Waals surface area contributed by atoms with Crippen molar-refractivity contribution in [1.29, 1.82) is 0 Å². The van der Waals surface area contributed by atoms with Crippen molar-refractivity contribution in [2.45, 2.75) is 27.7 Å². The molecule has 0 fully saturated rings. The molecule has 0 atom stereocenters. The highest BCUT2D eigenvalue weighted by Crippen LogP contribution is 2.16. The highest BCUT2D eigenvalue weighted by Gasteiger charge is 2.19. The third-order valence-corrected chi connectivity index (χ3v) is 5.30. The maximum atomic E-state index is 12.3. The van der Waals surface area contributed by atoms with Gasteiger partial charge in [0.25, 0.3) is 5.56 Å². The molecular weight excluding hydrogens is 302 g/mol. The maximum Gasteiger partial charge on any atom is 0.268 e. The van der Waals surface area contributed by atoms with Crippen LogP contribution in [0.1, 0.15) is 31.2 Å². The fourth-order valence-corrected chi connectivity index (χ4v) is 3.63. The second-order valence-corrected chi connectivity index (χ2v) is 8.05. The smallest absolute Gasteiger partial charge is 0.268 e. The van der Waals surface area contributed by atoms with Gasteiger partial charge in [0.05, 0.1) is 4.53 Å². The van der Waals surface area contributed by atoms with Crippen molar-refractivity contribution < 1.29 is 4.79 Å². The summed E-state index contributed by atoms with van der Waals surface area (Å²) in [5.41, 5.74) is 0.668. The van der Waals surface area contributed by atoms with E-state index >= 15 is 0 Å². The lowest BCUT2D eigenvalue weighted by Gasteiger charge is -2.12. The molecule has 21 heavy (non-hydrogen) atoms. The van der Waals surface area contributed by atoms with Crippen LogP contribution in [0.4, 0.5) is 0 Å². The number of hydrogen-bond donors (Lipinski definition) is 0. The molecule has 2 rings (SSSR count). The number of aromatic nitrogens is 1. The molecule has 0 aromatic carbocycles. The Morgan fingerprint density at radius 2 is 2.00 bits per heavy atom. The summed E-state index contributed by atoms with van der Waals surface area (Å²) in [6.07, 6.45) is 3.48. The number of ketones is 1. The van der Waals surface area contributed by atoms with Crippen LogP contribution in [0.2, 0.25) is 0 Å². The molecule has 0 amide bonds. The summed E-state index contributed by atoms with van der Waals surface area (Å²) >= 11 is 2.97. The number of thiazole rings is 1. The zero-order valence-electron chi connectivity index (χ0n) is 12.9. The van der Waals surface area contributed by atoms with Crippen molar-refractivity contribution in [2.24, 2.45) is 12.5 Å². The molecule has 0 saturated heterocycles. The Balaban J connectivity index is 2.60. The lowest BCUT2D eigenvalue weighted by molar-refractivity contribution is -0.120. The summed E-state index contributed by atoms with van der Waals surface area (Å²) in [7, 11) is 1.71. The van der Waals surface area contributed by atoms with E-state index < -0.39 is 5.41 Å². The Morgan fingerprint density at radius 3 is 2.52 bits per heavy atom. The number of nitrogens with zero attached hydrogens (tertiary/aromatic N) is 1. The zero-order valence-corrected chi connectivity index (χ0v) is 14.5. The quantitative estimate of drug-likeness (QED) is 0.849. The van der Waals surface area contributed by atoms with Crippen molar-refractivity contribution in [3.63, 3.8) is 0 Å². The lowest BCUT2D eigenvalue weighted by atomic mass is 9.91. The Kier molecular flexibility index (Phi) is 4.35. The Labute approximate surface area is 131 Å². The van der Waals surface area contributed by atoms with E-state index in [1.54, 1.807) is 29.0 Å². The Bertz CT molecular complexity index is 844. The summed E-state index contributed by atoms with van der Waals surface area (Å²) in [6, 6.07) is 2.03. The Hall–Kier alpha value is -1.46. The van der Waals surface area contributed by atoms with Gasteiger partial charge in [-0.25, -0.2) is 0 Å². The predicted octanol–water partition coefficient (Wildman–Crippen LogP) is 2.04. The van der Waals surface area contributed by atoms with E-state index in [9.17, 15) is 9.59 Å². The molecule has 2 aromatic rings. The third kappa shape index (κ3) is 3.41. The number of carbonyl (C=O) groups is 1. The van der Waals surface area contributed by atoms with E-state index in [4.69, 9.17) is 0 Å². The molecule has 0 N–H and O–H groups in total. The summed E-state index contributed by atoms with van der Waals surface area (Å²) in [4.78, 5) is 25.5. The van der Waals surface area contributed by atoms with Gasteiger partial charge in [0.1, 0.15) is 4.66 Å². The van der Waals surface area contributed by atoms with Crippen LogP contribution in [0.5, 0.6) is 0 Å². The molecule has 0 radical (unpaired) electrons. The molecule has 0 aliphatic heterocycles. The minimum atomic E-state index is -0.436. The third-order valence-electron chi connectivity index (χ3n) is 3.22. The van der Waals surface area contributed by atoms with Crippen molar-refractivity contribution in [3.8, 4) is 0 Å². The molecule has 0 spiro atoms. The fraction of sp³-hybridized carbons (Fsp3) is 0.375. The van der Waals surface area contributed by atoms with Gasteiger partial charge in [-0.05, 0) is 30.0 Å². The minimum Gasteiger partial charge on any atom is -0.302 e. The van der Waals surface area contributed by atoms with E-state index in [0.717, 1.165) is 10.4 Å². The summed E-state index contributed by atoms with van der Waals surface area (Å²) in [5.74, 6) is 0.0261. The van der Waals surface area contributed by atoms with Crippen LogP contribution < -0.4 is 14.8 Å². The molecular formula is C16H19NO2S2. The zero-order chi connectivity index (χ0) is 15.8. The standard InChI is InChI=1S/C16H19NO2S2/c1-10-6-7-20-11(10)8-12-15(19)17(5)14(21-12)9-13(18)16(2,3)4/h6-9H,1-5H3/b12-8-,14-9-. The van der Waals surface area contributed by atoms with Gasteiger partial charge < -0.3 is 4.57 Å². The van der Waals surface area contributed by atoms with Gasteiger partial charge >= 0.3 is 0 Å². The number of aryl methyl sites for hydroxylation is 1. The number of thiophene rings is 1. The van der Waals surface area contributed by atoms with Crippen LogP contribution >= 0.6 is 22.7 Å². The van der Waals surface area contributed by atoms with Gasteiger partial charge in [-0.15, -0.1) is 22.7 Å². The lowest BCUT2D eigenvalue weighted by Crippen LogP contribution is -2.29. The number of carbonyl (C=O) groups excluding carboxylic acids is 1. The van der Waals surface area contributed by atoms with Crippen LogP contribution in [0.25, 0.3) is 12.2 Å². The summed E-state index contributed by atoms with van der Waals surface area (Å²) in [5, 5.41) is 2.01. The average Bonchev–Trinajstić information content (AvgIpc) is 2.89. The molecule has 5 heteroatoms. The first-order valence-electron chi connectivity index (χ1n) is 6.68. The molecule has 0 saturated carbocycles. The van der Waals surface area contributed by atoms with E-state index in [0.29, 0.717) is 9.20 Å². The van der Waals surface area contributed by atoms with Gasteiger partial charge in [-0.1, -0.05) is 20.8 Å². The molecule has 0 aliphatic carbocycles. The first-order chi connectivity index (χ1) is 9.70. The molecule has 2 aromatic heterocycles. The van der Waals surface area contributed by atoms with E-state index in [1.807, 2.05) is 45.2 Å². The van der Waals surface area contributed by atoms with Crippen LogP contribution in [0.15, 0.2) is 16.2 Å². The molecule has 2 heterocycles. The molecule has 0 unspecified atom stereocenters. The Morgan fingerprint density at radius 1 is 1.33 bits per heavy atom. The van der Waals surface area contributed by atoms with Gasteiger partial charge in [0.2, 0.25) is 0 Å². The van der Waals surface area contributed by atoms with Crippen LogP contribution in [-0.2, 0) is 11.8 Å². The van der Waals surface area contributed by atoms with Crippen LogP contribution in [-0.4, -0.2) is 10.4 Å². The first-order valence-corrected chi connectivity index (χ1v) is 8.37. The SMILES string of the molecule is Cc1ccsc1/C=c1\s/c(=C\C(=O)C(C)(C)C)n(C)c1=O. The van der Waals surface area contributed by atoms with Gasteiger partial charge in [0.15, 0.2) is 5.78 Å². The highest BCUT2D eigenvalue weighted by atomic mass is 32.1. The monoisotopic (exact) mass is 321 g/mol. The fourth-order valence-electron chi connectivity index (χ4n) is 1.69. The molecule has 3 nitrogen and oxygen atoms in total. The van der Waals surface area contributed by atoms with Gasteiger partial charge in [-0.2, -0.15) is 0 Å². The number of Topliss-reactive ketones (excluding diaryl/α,β-unsaturated/α-hetero) is 1. The van der Waals surface area contributed by atoms with Crippen molar-refractivity contribution >= 4 is 40.6 Å². The average molecular weight is 321 g/mol. The molecule has 0 aliphatic rings. The van der Waals surface area contributed by atoms with Gasteiger partial charge in [-0.3, -0.25) is 9.59 Å². The summed E-state index contributed by atoms with van der Waals surface area (Å²) < 4.78 is 2.90. The van der Waals surface area contributed by atoms with Crippen molar-refractivity contribution in [3.05, 3.63) is 41.4 Å². The normalized spacial score (nSPS) is 14.0. The first kappa shape index (κ1) is 15.9. The molecule has 0 bridgehead atoms. The van der Waals surface area contributed by atoms with E-state index in [1.165, 1.54) is 11.3 Å². The van der Waals surface area contributed by atoms with Gasteiger partial charge in [0, 0.05) is 23.4 Å². The topological polar surface area (TPSA) is 39.1 Å². The second kappa shape index (κ2) is 5.73. The number of hydrogen-bond acceptors (Lipinski definition) is 4. The number of rotatable bonds is 2. The van der Waals surface area contributed by atoms with E-state index in [-0.39, 0.29) is 11.3 Å². The molecule has 112 valence electrons. The maximum absolute atomic E-state index is 12.3. The van der Waals surface area contributed by atoms with Crippen LogP contribution in [0.3, 0.4) is 0 Å². The van der Waals surface area contributed by atoms with Crippen molar-refractivity contribution in [1.82, 2.24) is 4.57 Å². The van der Waals surface area contributed by atoms with Crippen molar-refractivity contribution in [2.75, 3.05) is 0 Å².